The number of alkyl halides is 3. The first-order chi connectivity index (χ1) is 6.97. The molecule has 1 saturated heterocycles. The van der Waals surface area contributed by atoms with Crippen LogP contribution in [0, 0.1) is 5.92 Å². The third-order valence-electron chi connectivity index (χ3n) is 2.02. The van der Waals surface area contributed by atoms with Gasteiger partial charge in [0.2, 0.25) is 0 Å². The van der Waals surface area contributed by atoms with Crippen LogP contribution in [0.2, 0.25) is 0 Å². The molecule has 7 heteroatoms. The monoisotopic (exact) mass is 226 g/mol. The van der Waals surface area contributed by atoms with Gasteiger partial charge in [-0.05, 0) is 6.42 Å². The van der Waals surface area contributed by atoms with Crippen molar-refractivity contribution in [3.05, 3.63) is 0 Å². The second-order valence-electron chi connectivity index (χ2n) is 3.41. The standard InChI is InChI=1S/C8H13F3N2O2/c9-8(10,11)5-13-7(14)12-3-6-1-2-15-4-6/h6H,1-5H2,(H2,12,13,14). The smallest absolute Gasteiger partial charge is 0.381 e. The van der Waals surface area contributed by atoms with Crippen molar-refractivity contribution >= 4 is 6.03 Å². The average Bonchev–Trinajstić information content (AvgIpc) is 2.62. The molecule has 15 heavy (non-hydrogen) atoms. The van der Waals surface area contributed by atoms with E-state index in [1.807, 2.05) is 0 Å². The highest BCUT2D eigenvalue weighted by Gasteiger charge is 2.27. The molecule has 0 aromatic heterocycles. The van der Waals surface area contributed by atoms with Crippen molar-refractivity contribution in [3.8, 4) is 0 Å². The fourth-order valence-corrected chi connectivity index (χ4v) is 1.22. The summed E-state index contributed by atoms with van der Waals surface area (Å²) in [5.74, 6) is 0.210. The van der Waals surface area contributed by atoms with Crippen molar-refractivity contribution < 1.29 is 22.7 Å². The van der Waals surface area contributed by atoms with Crippen molar-refractivity contribution in [3.63, 3.8) is 0 Å². The molecule has 2 N–H and O–H groups in total. The molecule has 1 aliphatic heterocycles. The van der Waals surface area contributed by atoms with E-state index in [2.05, 4.69) is 5.32 Å². The largest absolute Gasteiger partial charge is 0.405 e. The van der Waals surface area contributed by atoms with Gasteiger partial charge in [-0.25, -0.2) is 4.79 Å². The average molecular weight is 226 g/mol. The van der Waals surface area contributed by atoms with E-state index in [0.29, 0.717) is 19.8 Å². The summed E-state index contributed by atoms with van der Waals surface area (Å²) in [6, 6.07) is -0.792. The maximum atomic E-state index is 11.7. The van der Waals surface area contributed by atoms with E-state index in [1.165, 1.54) is 0 Å². The summed E-state index contributed by atoms with van der Waals surface area (Å²) in [5, 5.41) is 4.10. The van der Waals surface area contributed by atoms with Gasteiger partial charge in [0.15, 0.2) is 0 Å². The highest BCUT2D eigenvalue weighted by Crippen LogP contribution is 2.12. The maximum Gasteiger partial charge on any atom is 0.405 e. The molecule has 0 saturated carbocycles. The van der Waals surface area contributed by atoms with Crippen molar-refractivity contribution in [2.75, 3.05) is 26.3 Å². The summed E-state index contributed by atoms with van der Waals surface area (Å²) < 4.78 is 40.1. The minimum Gasteiger partial charge on any atom is -0.381 e. The van der Waals surface area contributed by atoms with Crippen molar-refractivity contribution in [1.82, 2.24) is 10.6 Å². The molecule has 1 atom stereocenters. The molecule has 4 nitrogen and oxygen atoms in total. The third kappa shape index (κ3) is 5.46. The summed E-state index contributed by atoms with van der Waals surface area (Å²) in [7, 11) is 0. The number of carbonyl (C=O) groups excluding carboxylic acids is 1. The van der Waals surface area contributed by atoms with Gasteiger partial charge < -0.3 is 15.4 Å². The molecule has 0 radical (unpaired) electrons. The van der Waals surface area contributed by atoms with E-state index < -0.39 is 18.8 Å². The highest BCUT2D eigenvalue weighted by atomic mass is 19.4. The van der Waals surface area contributed by atoms with Gasteiger partial charge in [-0.3, -0.25) is 0 Å². The zero-order valence-electron chi connectivity index (χ0n) is 8.06. The van der Waals surface area contributed by atoms with Crippen molar-refractivity contribution in [2.24, 2.45) is 5.92 Å². The predicted molar refractivity (Wildman–Crippen MR) is 46.4 cm³/mol. The van der Waals surface area contributed by atoms with E-state index in [1.54, 1.807) is 5.32 Å². The van der Waals surface area contributed by atoms with Crippen LogP contribution in [-0.2, 0) is 4.74 Å². The maximum absolute atomic E-state index is 11.7. The fraction of sp³-hybridized carbons (Fsp3) is 0.875. The summed E-state index contributed by atoms with van der Waals surface area (Å²) in [5.41, 5.74) is 0. The molecule has 1 unspecified atom stereocenters. The Morgan fingerprint density at radius 1 is 1.40 bits per heavy atom. The molecular formula is C8H13F3N2O2. The van der Waals surface area contributed by atoms with Crippen molar-refractivity contribution in [1.29, 1.82) is 0 Å². The van der Waals surface area contributed by atoms with Crippen LogP contribution < -0.4 is 10.6 Å². The Kier molecular flexibility index (Phi) is 4.19. The van der Waals surface area contributed by atoms with Crippen LogP contribution in [0.1, 0.15) is 6.42 Å². The molecule has 1 heterocycles. The van der Waals surface area contributed by atoms with Gasteiger partial charge in [0.1, 0.15) is 6.54 Å². The van der Waals surface area contributed by atoms with Gasteiger partial charge in [0.25, 0.3) is 0 Å². The highest BCUT2D eigenvalue weighted by molar-refractivity contribution is 5.73. The van der Waals surface area contributed by atoms with Gasteiger partial charge in [-0.2, -0.15) is 13.2 Å². The lowest BCUT2D eigenvalue weighted by atomic mass is 10.1. The molecule has 0 spiro atoms. The van der Waals surface area contributed by atoms with E-state index in [4.69, 9.17) is 4.74 Å². The number of hydrogen-bond acceptors (Lipinski definition) is 2. The molecule has 1 rings (SSSR count). The quantitative estimate of drug-likeness (QED) is 0.750. The van der Waals surface area contributed by atoms with E-state index in [-0.39, 0.29) is 5.92 Å². The number of halogens is 3. The van der Waals surface area contributed by atoms with Crippen LogP contribution in [0.4, 0.5) is 18.0 Å². The van der Waals surface area contributed by atoms with Crippen LogP contribution in [0.15, 0.2) is 0 Å². The molecule has 1 aliphatic rings. The zero-order chi connectivity index (χ0) is 11.3. The first-order valence-electron chi connectivity index (χ1n) is 4.63. The molecule has 0 aromatic carbocycles. The Bertz CT molecular complexity index is 214. The van der Waals surface area contributed by atoms with Crippen molar-refractivity contribution in [2.45, 2.75) is 12.6 Å². The number of carbonyl (C=O) groups is 1. The SMILES string of the molecule is O=C(NCC1CCOC1)NCC(F)(F)F. The Labute approximate surface area is 85.2 Å². The Hall–Kier alpha value is -0.980. The Morgan fingerprint density at radius 2 is 2.13 bits per heavy atom. The summed E-state index contributed by atoms with van der Waals surface area (Å²) in [4.78, 5) is 10.9. The molecule has 0 aliphatic carbocycles. The Balaban J connectivity index is 2.08. The zero-order valence-corrected chi connectivity index (χ0v) is 8.06. The number of amides is 2. The second kappa shape index (κ2) is 5.20. The molecule has 88 valence electrons. The molecule has 1 fully saturated rings. The summed E-state index contributed by atoms with van der Waals surface area (Å²) in [6.45, 7) is 0.250. The first-order valence-corrected chi connectivity index (χ1v) is 4.63. The minimum atomic E-state index is -4.37. The van der Waals surface area contributed by atoms with Crippen LogP contribution in [0.3, 0.4) is 0 Å². The van der Waals surface area contributed by atoms with Crippen LogP contribution >= 0.6 is 0 Å². The molecule has 0 bridgehead atoms. The minimum absolute atomic E-state index is 0.210. The topological polar surface area (TPSA) is 50.4 Å². The lowest BCUT2D eigenvalue weighted by Crippen LogP contribution is -2.42. The number of urea groups is 1. The number of rotatable bonds is 3. The van der Waals surface area contributed by atoms with Gasteiger partial charge in [-0.1, -0.05) is 0 Å². The third-order valence-corrected chi connectivity index (χ3v) is 2.02. The molecule has 2 amide bonds. The molecular weight excluding hydrogens is 213 g/mol. The normalized spacial score (nSPS) is 21.4. The number of hydrogen-bond donors (Lipinski definition) is 2. The number of nitrogens with one attached hydrogen (secondary N) is 2. The summed E-state index contributed by atoms with van der Waals surface area (Å²) in [6.07, 6.45) is -3.53. The van der Waals surface area contributed by atoms with Gasteiger partial charge in [-0.15, -0.1) is 0 Å². The van der Waals surface area contributed by atoms with Crippen LogP contribution in [0.25, 0.3) is 0 Å². The van der Waals surface area contributed by atoms with E-state index >= 15 is 0 Å². The van der Waals surface area contributed by atoms with Gasteiger partial charge in [0.05, 0.1) is 6.61 Å². The Morgan fingerprint density at radius 3 is 2.67 bits per heavy atom. The second-order valence-corrected chi connectivity index (χ2v) is 3.41. The summed E-state index contributed by atoms with van der Waals surface area (Å²) >= 11 is 0. The fourth-order valence-electron chi connectivity index (χ4n) is 1.22. The lowest BCUT2D eigenvalue weighted by Gasteiger charge is -2.11. The van der Waals surface area contributed by atoms with Gasteiger partial charge in [0, 0.05) is 19.1 Å². The lowest BCUT2D eigenvalue weighted by molar-refractivity contribution is -0.122. The predicted octanol–water partition coefficient (Wildman–Crippen LogP) is 0.884. The van der Waals surface area contributed by atoms with Gasteiger partial charge >= 0.3 is 12.2 Å². The number of ether oxygens (including phenoxy) is 1. The van der Waals surface area contributed by atoms with E-state index in [9.17, 15) is 18.0 Å². The van der Waals surface area contributed by atoms with Crippen LogP contribution in [0.5, 0.6) is 0 Å². The molecule has 0 aromatic rings. The van der Waals surface area contributed by atoms with Crippen LogP contribution in [-0.4, -0.2) is 38.5 Å². The first kappa shape index (κ1) is 12.1. The van der Waals surface area contributed by atoms with E-state index in [0.717, 1.165) is 6.42 Å².